The molecule has 24 aromatic rings. The van der Waals surface area contributed by atoms with Crippen LogP contribution in [0.1, 0.15) is 0 Å². The van der Waals surface area contributed by atoms with Gasteiger partial charge in [-0.15, -0.1) is 0 Å². The van der Waals surface area contributed by atoms with Crippen LogP contribution in [-0.2, 0) is 0 Å². The SMILES string of the molecule is c1ccc(-c2cc(-c3ccccc3)nc(-n3c4ccccc4c4cc(-c5ccc6c(c5)c5nc(-c7ccccc7)nc(-c7ccccc7)c5n6-c5ccccc5)ccc43)n2)cc1.c1ccc(-c2ccc(-c3ccnc(-n4c5ccccc5c5cc(-c6ccc7c(c6)c6nc(-c8ccccc8)nc(-c8ccccc8)c6n7-c6ccccc6)ccc54)n3)cc2)cc1. The average Bonchev–Trinajstić information content (AvgIpc) is 1.56. The first-order chi connectivity index (χ1) is 61.5. The molecule has 0 unspecified atom stereocenters. The van der Waals surface area contributed by atoms with Crippen LogP contribution in [-0.4, -0.2) is 58.1 Å². The summed E-state index contributed by atoms with van der Waals surface area (Å²) in [7, 11) is 0. The molecule has 8 heterocycles. The predicted molar refractivity (Wildman–Crippen MR) is 507 cm³/mol. The van der Waals surface area contributed by atoms with Crippen LogP contribution < -0.4 is 0 Å². The van der Waals surface area contributed by atoms with Crippen LogP contribution in [0, 0.1) is 0 Å². The Kier molecular flexibility index (Phi) is 17.9. The van der Waals surface area contributed by atoms with E-state index in [1.165, 1.54) is 11.1 Å². The van der Waals surface area contributed by atoms with E-state index in [1.807, 2.05) is 79.0 Å². The van der Waals surface area contributed by atoms with Gasteiger partial charge in [0.1, 0.15) is 11.0 Å². The third kappa shape index (κ3) is 12.9. The lowest BCUT2D eigenvalue weighted by Gasteiger charge is -2.12. The molecule has 0 spiro atoms. The molecule has 0 saturated carbocycles. The van der Waals surface area contributed by atoms with E-state index < -0.39 is 0 Å². The summed E-state index contributed by atoms with van der Waals surface area (Å²) in [6, 6.07) is 150. The molecule has 0 saturated heterocycles. The molecule has 0 N–H and O–H groups in total. The van der Waals surface area contributed by atoms with Gasteiger partial charge in [0.2, 0.25) is 11.9 Å². The molecule has 124 heavy (non-hydrogen) atoms. The number of hydrogen-bond acceptors (Lipinski definition) is 8. The molecule has 0 aliphatic carbocycles. The first-order valence-corrected chi connectivity index (χ1v) is 41.6. The second-order valence-electron chi connectivity index (χ2n) is 31.0. The molecule has 0 aliphatic heterocycles. The first kappa shape index (κ1) is 72.3. The fourth-order valence-electron chi connectivity index (χ4n) is 17.7. The van der Waals surface area contributed by atoms with Gasteiger partial charge >= 0.3 is 0 Å². The molecule has 24 rings (SSSR count). The maximum Gasteiger partial charge on any atom is 0.235 e. The molecule has 8 aromatic heterocycles. The Balaban J connectivity index is 0.000000143. The van der Waals surface area contributed by atoms with Crippen molar-refractivity contribution in [2.45, 2.75) is 0 Å². The normalized spacial score (nSPS) is 11.5. The number of rotatable bonds is 14. The van der Waals surface area contributed by atoms with Crippen LogP contribution in [0.15, 0.2) is 437 Å². The molecule has 0 amide bonds. The Bertz CT molecular complexity index is 8110. The van der Waals surface area contributed by atoms with E-state index in [9.17, 15) is 0 Å². The minimum Gasteiger partial charge on any atom is -0.306 e. The van der Waals surface area contributed by atoms with Crippen molar-refractivity contribution in [3.05, 3.63) is 437 Å². The Morgan fingerprint density at radius 1 is 0.169 bits per heavy atom. The highest BCUT2D eigenvalue weighted by atomic mass is 15.2. The predicted octanol–water partition coefficient (Wildman–Crippen LogP) is 27.6. The Hall–Kier alpha value is -17.0. The molecule has 0 fully saturated rings. The number of benzene rings is 16. The van der Waals surface area contributed by atoms with Crippen LogP contribution in [0.5, 0.6) is 0 Å². The minimum absolute atomic E-state index is 0.627. The standard InChI is InChI=1S/2C56H36N6/c1-6-18-37(19-7-1)47-36-48(38-20-8-2-9-21-38)58-56(57-47)62-49-29-17-16-28-44(49)45-34-41(30-32-50(45)62)42-31-33-51-46(35-42)53-54(61(51)43-26-14-5-15-27-43)52(39-22-10-3-11-23-39)59-55(60-53)40-24-12-4-13-25-40;1-5-15-37(16-6-1)38-25-27-39(28-26-38)48-33-34-57-56(58-48)62-49-24-14-13-23-45(49)46-35-42(29-31-50(46)62)43-30-32-51-47(36-43)53-54(61(51)44-21-11-4-12-22-44)52(40-17-7-2-8-18-40)59-55(60-53)41-19-9-3-10-20-41/h2*1-36H. The van der Waals surface area contributed by atoms with Crippen molar-refractivity contribution in [2.75, 3.05) is 0 Å². The van der Waals surface area contributed by atoms with Crippen LogP contribution in [0.3, 0.4) is 0 Å². The van der Waals surface area contributed by atoms with Gasteiger partial charge < -0.3 is 9.13 Å². The molecular formula is C112H72N12. The zero-order valence-electron chi connectivity index (χ0n) is 66.9. The lowest BCUT2D eigenvalue weighted by atomic mass is 10.0. The number of aromatic nitrogens is 12. The summed E-state index contributed by atoms with van der Waals surface area (Å²) >= 11 is 0. The van der Waals surface area contributed by atoms with E-state index in [0.717, 1.165) is 189 Å². The van der Waals surface area contributed by atoms with Crippen molar-refractivity contribution in [2.24, 2.45) is 0 Å². The van der Waals surface area contributed by atoms with Crippen molar-refractivity contribution < 1.29 is 0 Å². The maximum atomic E-state index is 5.38. The van der Waals surface area contributed by atoms with Crippen molar-refractivity contribution >= 4 is 87.5 Å². The summed E-state index contributed by atoms with van der Waals surface area (Å²) < 4.78 is 9.01. The third-order valence-corrected chi connectivity index (χ3v) is 23.6. The van der Waals surface area contributed by atoms with E-state index in [0.29, 0.717) is 23.5 Å². The van der Waals surface area contributed by atoms with E-state index in [4.69, 9.17) is 39.9 Å². The smallest absolute Gasteiger partial charge is 0.235 e. The van der Waals surface area contributed by atoms with Crippen LogP contribution >= 0.6 is 0 Å². The number of para-hydroxylation sites is 4. The highest BCUT2D eigenvalue weighted by Gasteiger charge is 2.27. The topological polar surface area (TPSA) is 123 Å². The molecule has 12 nitrogen and oxygen atoms in total. The summed E-state index contributed by atoms with van der Waals surface area (Å²) in [5.74, 6) is 2.64. The molecule has 0 atom stereocenters. The summed E-state index contributed by atoms with van der Waals surface area (Å²) in [6.45, 7) is 0. The molecule has 580 valence electrons. The third-order valence-electron chi connectivity index (χ3n) is 23.6. The quantitative estimate of drug-likeness (QED) is 0.105. The van der Waals surface area contributed by atoms with Crippen LogP contribution in [0.2, 0.25) is 0 Å². The Morgan fingerprint density at radius 2 is 0.460 bits per heavy atom. The number of hydrogen-bond donors (Lipinski definition) is 0. The molecule has 12 heteroatoms. The lowest BCUT2D eigenvalue weighted by molar-refractivity contribution is 0.992. The Morgan fingerprint density at radius 3 is 0.871 bits per heavy atom. The maximum absolute atomic E-state index is 5.38. The molecule has 16 aromatic carbocycles. The summed E-state index contributed by atoms with van der Waals surface area (Å²) in [4.78, 5) is 41.8. The van der Waals surface area contributed by atoms with E-state index in [-0.39, 0.29) is 0 Å². The van der Waals surface area contributed by atoms with Crippen molar-refractivity contribution in [1.29, 1.82) is 0 Å². The summed E-state index contributed by atoms with van der Waals surface area (Å²) in [5.41, 5.74) is 30.5. The van der Waals surface area contributed by atoms with Gasteiger partial charge in [-0.2, -0.15) is 0 Å². The second-order valence-corrected chi connectivity index (χ2v) is 31.0. The molecule has 0 radical (unpaired) electrons. The summed E-state index contributed by atoms with van der Waals surface area (Å²) in [6.07, 6.45) is 1.86. The van der Waals surface area contributed by atoms with Crippen molar-refractivity contribution in [3.8, 4) is 136 Å². The fraction of sp³-hybridized carbons (Fsp3) is 0. The highest BCUT2D eigenvalue weighted by Crippen LogP contribution is 2.45. The van der Waals surface area contributed by atoms with Gasteiger partial charge in [-0.3, -0.25) is 9.13 Å². The van der Waals surface area contributed by atoms with Gasteiger partial charge in [-0.25, -0.2) is 39.9 Å². The zero-order valence-corrected chi connectivity index (χ0v) is 66.9. The highest BCUT2D eigenvalue weighted by molar-refractivity contribution is 6.16. The zero-order chi connectivity index (χ0) is 82.0. The lowest BCUT2D eigenvalue weighted by Crippen LogP contribution is -2.03. The summed E-state index contributed by atoms with van der Waals surface area (Å²) in [5, 5.41) is 6.64. The second kappa shape index (κ2) is 30.8. The van der Waals surface area contributed by atoms with Gasteiger partial charge in [0.15, 0.2) is 11.6 Å². The van der Waals surface area contributed by atoms with E-state index in [2.05, 4.69) is 376 Å². The van der Waals surface area contributed by atoms with Gasteiger partial charge in [0, 0.05) is 88.8 Å². The van der Waals surface area contributed by atoms with Crippen molar-refractivity contribution in [3.63, 3.8) is 0 Å². The van der Waals surface area contributed by atoms with Gasteiger partial charge in [-0.1, -0.05) is 334 Å². The van der Waals surface area contributed by atoms with Crippen molar-refractivity contribution in [1.82, 2.24) is 58.1 Å². The first-order valence-electron chi connectivity index (χ1n) is 41.6. The van der Waals surface area contributed by atoms with E-state index in [1.54, 1.807) is 0 Å². The number of nitrogens with zero attached hydrogens (tertiary/aromatic N) is 12. The monoisotopic (exact) mass is 1580 g/mol. The van der Waals surface area contributed by atoms with E-state index >= 15 is 0 Å². The molecule has 0 aliphatic rings. The molecule has 0 bridgehead atoms. The number of fused-ring (bicyclic) bond motifs is 12. The fourth-order valence-corrected chi connectivity index (χ4v) is 17.7. The van der Waals surface area contributed by atoms with Gasteiger partial charge in [-0.05, 0) is 130 Å². The van der Waals surface area contributed by atoms with Crippen LogP contribution in [0.25, 0.3) is 223 Å². The average molecular weight is 1590 g/mol. The Labute approximate surface area is 713 Å². The van der Waals surface area contributed by atoms with Gasteiger partial charge in [0.05, 0.1) is 72.6 Å². The van der Waals surface area contributed by atoms with Gasteiger partial charge in [0.25, 0.3) is 0 Å². The minimum atomic E-state index is 0.627. The largest absolute Gasteiger partial charge is 0.306 e. The van der Waals surface area contributed by atoms with Crippen LogP contribution in [0.4, 0.5) is 0 Å². The molecular weight excluding hydrogens is 1510 g/mol.